The summed E-state index contributed by atoms with van der Waals surface area (Å²) < 4.78 is 0. The number of carbonyl (C=O) groups excluding carboxylic acids is 2. The Bertz CT molecular complexity index is 1270. The van der Waals surface area contributed by atoms with Gasteiger partial charge in [-0.25, -0.2) is 0 Å². The number of rotatable bonds is 2. The maximum atomic E-state index is 12.3. The van der Waals surface area contributed by atoms with Crippen molar-refractivity contribution in [2.45, 2.75) is 12.6 Å². The van der Waals surface area contributed by atoms with Gasteiger partial charge in [0.05, 0.1) is 6.54 Å². The van der Waals surface area contributed by atoms with Crippen LogP contribution in [0.1, 0.15) is 5.56 Å². The minimum Gasteiger partial charge on any atom is -0.345 e. The third kappa shape index (κ3) is 2.51. The summed E-state index contributed by atoms with van der Waals surface area (Å²) in [4.78, 5) is 28.4. The van der Waals surface area contributed by atoms with E-state index in [9.17, 15) is 9.59 Å². The molecule has 29 heavy (non-hydrogen) atoms. The van der Waals surface area contributed by atoms with Gasteiger partial charge in [-0.15, -0.1) is 0 Å². The Kier molecular flexibility index (Phi) is 3.56. The van der Waals surface area contributed by atoms with Gasteiger partial charge in [0, 0.05) is 26.2 Å². The van der Waals surface area contributed by atoms with Gasteiger partial charge in [-0.05, 0) is 37.9 Å². The molecule has 0 spiro atoms. The summed E-state index contributed by atoms with van der Waals surface area (Å²) in [6, 6.07) is 19.3. The van der Waals surface area contributed by atoms with Crippen molar-refractivity contribution in [1.82, 2.24) is 15.1 Å². The molecule has 2 heterocycles. The molecule has 6 rings (SSSR count). The van der Waals surface area contributed by atoms with Crippen molar-refractivity contribution in [2.75, 3.05) is 26.2 Å². The fourth-order valence-corrected chi connectivity index (χ4v) is 5.06. The van der Waals surface area contributed by atoms with Crippen molar-refractivity contribution in [3.63, 3.8) is 0 Å². The van der Waals surface area contributed by atoms with Crippen LogP contribution in [0.25, 0.3) is 32.3 Å². The first-order chi connectivity index (χ1) is 14.2. The topological polar surface area (TPSA) is 52.7 Å². The van der Waals surface area contributed by atoms with E-state index < -0.39 is 0 Å². The maximum absolute atomic E-state index is 12.3. The van der Waals surface area contributed by atoms with Crippen LogP contribution in [0.3, 0.4) is 0 Å². The minimum absolute atomic E-state index is 0.0250. The quantitative estimate of drug-likeness (QED) is 0.542. The molecule has 5 nitrogen and oxygen atoms in total. The summed E-state index contributed by atoms with van der Waals surface area (Å²) in [6.45, 7) is 2.89. The average Bonchev–Trinajstić information content (AvgIpc) is 2.76. The van der Waals surface area contributed by atoms with E-state index in [4.69, 9.17) is 0 Å². The zero-order valence-corrected chi connectivity index (χ0v) is 16.0. The zero-order chi connectivity index (χ0) is 19.5. The van der Waals surface area contributed by atoms with Gasteiger partial charge >= 0.3 is 0 Å². The Hall–Kier alpha value is -3.18. The SMILES string of the molecule is O=C1NCC(=O)N2CCN(Cc3ccc4ccc5cccc6ccc3c4c56)CC12. The van der Waals surface area contributed by atoms with Crippen LogP contribution in [0, 0.1) is 0 Å². The second-order valence-electron chi connectivity index (χ2n) is 8.14. The lowest BCUT2D eigenvalue weighted by atomic mass is 9.91. The number of fused-ring (bicyclic) bond motifs is 1. The van der Waals surface area contributed by atoms with Crippen molar-refractivity contribution in [1.29, 1.82) is 0 Å². The third-order valence-corrected chi connectivity index (χ3v) is 6.51. The molecule has 0 aliphatic carbocycles. The number of nitrogens with zero attached hydrogens (tertiary/aromatic N) is 2. The third-order valence-electron chi connectivity index (χ3n) is 6.51. The van der Waals surface area contributed by atoms with E-state index in [-0.39, 0.29) is 24.4 Å². The van der Waals surface area contributed by atoms with Crippen LogP contribution < -0.4 is 5.32 Å². The Morgan fingerprint density at radius 1 is 0.862 bits per heavy atom. The number of nitrogens with one attached hydrogen (secondary N) is 1. The fourth-order valence-electron chi connectivity index (χ4n) is 5.06. The van der Waals surface area contributed by atoms with E-state index >= 15 is 0 Å². The predicted octanol–water partition coefficient (Wildman–Crippen LogP) is 2.73. The van der Waals surface area contributed by atoms with Gasteiger partial charge in [0.1, 0.15) is 6.04 Å². The highest BCUT2D eigenvalue weighted by Crippen LogP contribution is 2.36. The highest BCUT2D eigenvalue weighted by Gasteiger charge is 2.38. The highest BCUT2D eigenvalue weighted by molar-refractivity contribution is 6.23. The average molecular weight is 383 g/mol. The first-order valence-electron chi connectivity index (χ1n) is 10.1. The molecule has 0 aromatic heterocycles. The number of benzene rings is 4. The lowest BCUT2D eigenvalue weighted by Gasteiger charge is -2.43. The molecule has 4 aromatic rings. The lowest BCUT2D eigenvalue weighted by molar-refractivity contribution is -0.149. The molecule has 2 saturated heterocycles. The van der Waals surface area contributed by atoms with E-state index in [1.54, 1.807) is 4.90 Å². The molecule has 2 fully saturated rings. The molecule has 2 amide bonds. The molecule has 0 saturated carbocycles. The maximum Gasteiger partial charge on any atom is 0.244 e. The fraction of sp³-hybridized carbons (Fsp3) is 0.250. The summed E-state index contributed by atoms with van der Waals surface area (Å²) >= 11 is 0. The van der Waals surface area contributed by atoms with Crippen molar-refractivity contribution < 1.29 is 9.59 Å². The number of hydrogen-bond donors (Lipinski definition) is 1. The van der Waals surface area contributed by atoms with Crippen LogP contribution in [0.15, 0.2) is 54.6 Å². The van der Waals surface area contributed by atoms with Crippen molar-refractivity contribution in [3.8, 4) is 0 Å². The molecule has 0 bridgehead atoms. The zero-order valence-electron chi connectivity index (χ0n) is 16.0. The molecule has 1 unspecified atom stereocenters. The van der Waals surface area contributed by atoms with E-state index in [1.807, 2.05) is 0 Å². The van der Waals surface area contributed by atoms with Gasteiger partial charge < -0.3 is 10.2 Å². The molecule has 2 aliphatic rings. The van der Waals surface area contributed by atoms with Gasteiger partial charge in [0.2, 0.25) is 11.8 Å². The van der Waals surface area contributed by atoms with Crippen molar-refractivity contribution >= 4 is 44.1 Å². The van der Waals surface area contributed by atoms with E-state index in [0.717, 1.165) is 13.1 Å². The molecule has 1 N–H and O–H groups in total. The smallest absolute Gasteiger partial charge is 0.244 e. The summed E-state index contributed by atoms with van der Waals surface area (Å²) in [7, 11) is 0. The van der Waals surface area contributed by atoms with Crippen LogP contribution in [0.4, 0.5) is 0 Å². The molecule has 4 aromatic carbocycles. The van der Waals surface area contributed by atoms with Crippen LogP contribution in [-0.4, -0.2) is 53.8 Å². The molecule has 1 atom stereocenters. The number of carbonyl (C=O) groups is 2. The van der Waals surface area contributed by atoms with E-state index in [2.05, 4.69) is 64.8 Å². The Morgan fingerprint density at radius 3 is 2.41 bits per heavy atom. The monoisotopic (exact) mass is 383 g/mol. The molecule has 5 heteroatoms. The highest BCUT2D eigenvalue weighted by atomic mass is 16.2. The number of piperazine rings is 2. The first kappa shape index (κ1) is 16.7. The van der Waals surface area contributed by atoms with Gasteiger partial charge in [0.25, 0.3) is 0 Å². The number of hydrogen-bond acceptors (Lipinski definition) is 3. The lowest BCUT2D eigenvalue weighted by Crippen LogP contribution is -2.65. The second kappa shape index (κ2) is 6.16. The van der Waals surface area contributed by atoms with Gasteiger partial charge in [-0.1, -0.05) is 54.6 Å². The summed E-state index contributed by atoms with van der Waals surface area (Å²) in [6.07, 6.45) is 0. The Labute approximate surface area is 168 Å². The van der Waals surface area contributed by atoms with Crippen LogP contribution in [0.2, 0.25) is 0 Å². The van der Waals surface area contributed by atoms with Crippen molar-refractivity contribution in [2.24, 2.45) is 0 Å². The molecule has 144 valence electrons. The minimum atomic E-state index is -0.371. The normalized spacial score (nSPS) is 20.6. The van der Waals surface area contributed by atoms with E-state index in [0.29, 0.717) is 13.1 Å². The van der Waals surface area contributed by atoms with Gasteiger partial charge in [-0.2, -0.15) is 0 Å². The Balaban J connectivity index is 1.39. The van der Waals surface area contributed by atoms with Crippen molar-refractivity contribution in [3.05, 3.63) is 60.2 Å². The second-order valence-corrected chi connectivity index (χ2v) is 8.14. The van der Waals surface area contributed by atoms with Crippen LogP contribution >= 0.6 is 0 Å². The predicted molar refractivity (Wildman–Crippen MR) is 114 cm³/mol. The molecular weight excluding hydrogens is 362 g/mol. The van der Waals surface area contributed by atoms with Gasteiger partial charge in [-0.3, -0.25) is 14.5 Å². The van der Waals surface area contributed by atoms with Gasteiger partial charge in [0.15, 0.2) is 0 Å². The molecular formula is C24H21N3O2. The van der Waals surface area contributed by atoms with Crippen LogP contribution in [0.5, 0.6) is 0 Å². The largest absolute Gasteiger partial charge is 0.345 e. The summed E-state index contributed by atoms with van der Waals surface area (Å²) in [5.74, 6) is -0.0123. The standard InChI is InChI=1S/C24H21N3O2/c28-21-12-25-24(29)20-14-26(10-11-27(20)21)13-18-7-6-17-5-4-15-2-1-3-16-8-9-19(18)23(17)22(15)16/h1-9,20H,10-14H2,(H,25,29). The first-order valence-corrected chi connectivity index (χ1v) is 10.1. The Morgan fingerprint density at radius 2 is 1.59 bits per heavy atom. The number of amides is 2. The summed E-state index contributed by atoms with van der Waals surface area (Å²) in [5.41, 5.74) is 1.27. The summed E-state index contributed by atoms with van der Waals surface area (Å²) in [5, 5.41) is 10.4. The molecule has 0 radical (unpaired) electrons. The van der Waals surface area contributed by atoms with E-state index in [1.165, 1.54) is 37.9 Å². The molecule has 2 aliphatic heterocycles. The van der Waals surface area contributed by atoms with Crippen LogP contribution in [-0.2, 0) is 16.1 Å².